The van der Waals surface area contributed by atoms with E-state index < -0.39 is 0 Å². The number of rotatable bonds is 3. The van der Waals surface area contributed by atoms with E-state index in [0.717, 1.165) is 50.8 Å². The van der Waals surface area contributed by atoms with E-state index in [4.69, 9.17) is 10.5 Å². The smallest absolute Gasteiger partial charge is 0.191 e. The van der Waals surface area contributed by atoms with Crippen LogP contribution in [0.5, 0.6) is 0 Å². The van der Waals surface area contributed by atoms with Gasteiger partial charge in [-0.05, 0) is 38.5 Å². The van der Waals surface area contributed by atoms with E-state index in [1.54, 1.807) is 0 Å². The van der Waals surface area contributed by atoms with Gasteiger partial charge in [-0.25, -0.2) is 0 Å². The second kappa shape index (κ2) is 4.12. The van der Waals surface area contributed by atoms with Gasteiger partial charge in [-0.15, -0.1) is 0 Å². The first-order chi connectivity index (χ1) is 8.57. The molecule has 2 N–H and O–H groups in total. The molecule has 4 nitrogen and oxygen atoms in total. The normalized spacial score (nSPS) is 40.3. The predicted octanol–water partition coefficient (Wildman–Crippen LogP) is 1.74. The van der Waals surface area contributed by atoms with Gasteiger partial charge in [-0.1, -0.05) is 6.92 Å². The Morgan fingerprint density at radius 2 is 2.28 bits per heavy atom. The van der Waals surface area contributed by atoms with Crippen LogP contribution in [0.3, 0.4) is 0 Å². The Morgan fingerprint density at radius 3 is 2.94 bits per heavy atom. The molecule has 18 heavy (non-hydrogen) atoms. The van der Waals surface area contributed by atoms with E-state index in [-0.39, 0.29) is 11.1 Å². The van der Waals surface area contributed by atoms with E-state index in [2.05, 4.69) is 23.7 Å². The summed E-state index contributed by atoms with van der Waals surface area (Å²) in [6, 6.07) is 0. The molecule has 102 valence electrons. The van der Waals surface area contributed by atoms with Crippen LogP contribution in [-0.2, 0) is 4.74 Å². The monoisotopic (exact) mass is 251 g/mol. The van der Waals surface area contributed by atoms with Crippen LogP contribution in [-0.4, -0.2) is 41.7 Å². The molecule has 2 unspecified atom stereocenters. The van der Waals surface area contributed by atoms with Crippen LogP contribution in [0.25, 0.3) is 0 Å². The van der Waals surface area contributed by atoms with Crippen molar-refractivity contribution in [1.29, 1.82) is 0 Å². The molecule has 3 rings (SSSR count). The minimum absolute atomic E-state index is 0.000189. The minimum Gasteiger partial charge on any atom is -0.375 e. The van der Waals surface area contributed by atoms with Crippen molar-refractivity contribution in [2.24, 2.45) is 16.6 Å². The molecule has 0 amide bonds. The average molecular weight is 251 g/mol. The number of ether oxygens (including phenoxy) is 1. The van der Waals surface area contributed by atoms with Gasteiger partial charge in [0.05, 0.1) is 17.7 Å². The number of aliphatic imine (C=N–C) groups is 1. The largest absolute Gasteiger partial charge is 0.375 e. The molecule has 4 heteroatoms. The molecular weight excluding hydrogens is 226 g/mol. The first kappa shape index (κ1) is 12.3. The maximum Gasteiger partial charge on any atom is 0.191 e. The fourth-order valence-electron chi connectivity index (χ4n) is 3.40. The highest BCUT2D eigenvalue weighted by molar-refractivity contribution is 5.81. The molecule has 2 atom stereocenters. The molecule has 2 heterocycles. The molecule has 2 fully saturated rings. The van der Waals surface area contributed by atoms with Crippen LogP contribution in [0.15, 0.2) is 4.99 Å². The van der Waals surface area contributed by atoms with Gasteiger partial charge in [0.2, 0.25) is 0 Å². The average Bonchev–Trinajstić information content (AvgIpc) is 3.12. The number of hydrogen-bond donors (Lipinski definition) is 1. The molecule has 3 aliphatic rings. The number of nitrogens with zero attached hydrogens (tertiary/aromatic N) is 2. The molecule has 1 saturated heterocycles. The summed E-state index contributed by atoms with van der Waals surface area (Å²) in [5.74, 6) is 1.62. The lowest BCUT2D eigenvalue weighted by molar-refractivity contribution is -0.114. The van der Waals surface area contributed by atoms with E-state index in [1.165, 1.54) is 12.8 Å². The Kier molecular flexibility index (Phi) is 2.81. The fraction of sp³-hybridized carbons (Fsp3) is 0.929. The van der Waals surface area contributed by atoms with Gasteiger partial charge in [-0.3, -0.25) is 4.99 Å². The molecule has 0 aromatic rings. The van der Waals surface area contributed by atoms with Gasteiger partial charge in [0.25, 0.3) is 0 Å². The summed E-state index contributed by atoms with van der Waals surface area (Å²) >= 11 is 0. The Bertz CT molecular complexity index is 366. The summed E-state index contributed by atoms with van der Waals surface area (Å²) in [7, 11) is 0. The summed E-state index contributed by atoms with van der Waals surface area (Å²) in [5.41, 5.74) is 6.27. The van der Waals surface area contributed by atoms with E-state index >= 15 is 0 Å². The molecule has 0 aromatic heterocycles. The highest BCUT2D eigenvalue weighted by Crippen LogP contribution is 2.42. The second-order valence-electron chi connectivity index (χ2n) is 6.53. The Hall–Kier alpha value is -0.770. The van der Waals surface area contributed by atoms with Crippen LogP contribution < -0.4 is 5.73 Å². The van der Waals surface area contributed by atoms with E-state index in [1.807, 2.05) is 0 Å². The van der Waals surface area contributed by atoms with Crippen molar-refractivity contribution in [3.63, 3.8) is 0 Å². The Morgan fingerprint density at radius 1 is 1.50 bits per heavy atom. The van der Waals surface area contributed by atoms with Gasteiger partial charge in [0, 0.05) is 19.6 Å². The summed E-state index contributed by atoms with van der Waals surface area (Å²) in [6.45, 7) is 7.26. The Balaban J connectivity index is 1.79. The molecule has 0 radical (unpaired) electrons. The van der Waals surface area contributed by atoms with Gasteiger partial charge < -0.3 is 15.4 Å². The number of nitrogens with two attached hydrogens (primary N) is 1. The molecular formula is C14H25N3O. The quantitative estimate of drug-likeness (QED) is 0.831. The van der Waals surface area contributed by atoms with Crippen molar-refractivity contribution in [1.82, 2.24) is 4.90 Å². The first-order valence-corrected chi connectivity index (χ1v) is 7.28. The highest BCUT2D eigenvalue weighted by Gasteiger charge is 2.50. The molecule has 0 aromatic carbocycles. The van der Waals surface area contributed by atoms with Gasteiger partial charge in [0.1, 0.15) is 0 Å². The maximum atomic E-state index is 6.13. The summed E-state index contributed by atoms with van der Waals surface area (Å²) < 4.78 is 5.99. The summed E-state index contributed by atoms with van der Waals surface area (Å²) in [4.78, 5) is 6.94. The summed E-state index contributed by atoms with van der Waals surface area (Å²) in [6.07, 6.45) is 5.92. The van der Waals surface area contributed by atoms with Crippen molar-refractivity contribution in [3.05, 3.63) is 0 Å². The summed E-state index contributed by atoms with van der Waals surface area (Å²) in [5, 5.41) is 0. The zero-order chi connectivity index (χ0) is 12.8. The first-order valence-electron chi connectivity index (χ1n) is 7.28. The lowest BCUT2D eigenvalue weighted by Crippen LogP contribution is -2.59. The third-order valence-electron chi connectivity index (χ3n) is 4.99. The van der Waals surface area contributed by atoms with Crippen LogP contribution >= 0.6 is 0 Å². The zero-order valence-corrected chi connectivity index (χ0v) is 11.6. The SMILES string of the molecule is CCC1(C)CC2(CCO1)CN=C(N)N2CC1CC1. The van der Waals surface area contributed by atoms with Crippen molar-refractivity contribution >= 4 is 5.96 Å². The highest BCUT2D eigenvalue weighted by atomic mass is 16.5. The van der Waals surface area contributed by atoms with Crippen molar-refractivity contribution < 1.29 is 4.74 Å². The maximum absolute atomic E-state index is 6.13. The van der Waals surface area contributed by atoms with E-state index in [0.29, 0.717) is 0 Å². The lowest BCUT2D eigenvalue weighted by Gasteiger charge is -2.49. The van der Waals surface area contributed by atoms with E-state index in [9.17, 15) is 0 Å². The fourth-order valence-corrected chi connectivity index (χ4v) is 3.40. The topological polar surface area (TPSA) is 50.9 Å². The van der Waals surface area contributed by atoms with Crippen molar-refractivity contribution in [2.75, 3.05) is 19.7 Å². The lowest BCUT2D eigenvalue weighted by atomic mass is 9.78. The van der Waals surface area contributed by atoms with Crippen LogP contribution in [0.2, 0.25) is 0 Å². The molecule has 0 bridgehead atoms. The molecule has 1 saturated carbocycles. The third kappa shape index (κ3) is 2.00. The number of hydrogen-bond acceptors (Lipinski definition) is 4. The second-order valence-corrected chi connectivity index (χ2v) is 6.53. The van der Waals surface area contributed by atoms with Crippen molar-refractivity contribution in [2.45, 2.75) is 57.1 Å². The number of guanidine groups is 1. The third-order valence-corrected chi connectivity index (χ3v) is 4.99. The molecule has 2 aliphatic heterocycles. The van der Waals surface area contributed by atoms with Crippen LogP contribution in [0, 0.1) is 5.92 Å². The van der Waals surface area contributed by atoms with Crippen molar-refractivity contribution in [3.8, 4) is 0 Å². The zero-order valence-electron chi connectivity index (χ0n) is 11.6. The Labute approximate surface area is 110 Å². The molecule has 1 aliphatic carbocycles. The van der Waals surface area contributed by atoms with Crippen LogP contribution in [0.1, 0.15) is 46.0 Å². The van der Waals surface area contributed by atoms with Gasteiger partial charge in [-0.2, -0.15) is 0 Å². The minimum atomic E-state index is 0.000189. The standard InChI is InChI=1S/C14H25N3O/c1-3-13(2)9-14(6-7-18-13)10-16-12(15)17(14)8-11-4-5-11/h11H,3-10H2,1-2H3,(H2,15,16). The van der Waals surface area contributed by atoms with Gasteiger partial charge in [0.15, 0.2) is 5.96 Å². The predicted molar refractivity (Wildman–Crippen MR) is 72.5 cm³/mol. The van der Waals surface area contributed by atoms with Gasteiger partial charge >= 0.3 is 0 Å². The molecule has 1 spiro atoms. The van der Waals surface area contributed by atoms with Crippen LogP contribution in [0.4, 0.5) is 0 Å².